The van der Waals surface area contributed by atoms with Crippen molar-refractivity contribution >= 4 is 99.0 Å². The maximum absolute atomic E-state index is 12.3. The van der Waals surface area contributed by atoms with Crippen molar-refractivity contribution in [1.29, 1.82) is 0 Å². The zero-order valence-electron chi connectivity index (χ0n) is 26.4. The van der Waals surface area contributed by atoms with Gasteiger partial charge in [0.15, 0.2) is 5.75 Å². The van der Waals surface area contributed by atoms with Gasteiger partial charge < -0.3 is 15.7 Å². The molecule has 23 heteroatoms. The molecule has 5 aromatic rings. The predicted molar refractivity (Wildman–Crippen MR) is 186 cm³/mol. The summed E-state index contributed by atoms with van der Waals surface area (Å²) in [6, 6.07) is 15.3. The Balaban J connectivity index is 1.40. The molecule has 0 aliphatic heterocycles. The second-order valence-electron chi connectivity index (χ2n) is 10.5. The molecule has 6 N–H and O–H groups in total. The van der Waals surface area contributed by atoms with E-state index >= 15 is 0 Å². The number of aromatic hydroxyl groups is 1. The van der Waals surface area contributed by atoms with Crippen LogP contribution in [0, 0.1) is 0 Å². The summed E-state index contributed by atoms with van der Waals surface area (Å²) in [5.74, 6) is -2.33. The smallest absolute Gasteiger partial charge is 0.296 e. The number of aromatic nitrogens is 3. The van der Waals surface area contributed by atoms with E-state index in [4.69, 9.17) is 11.6 Å². The largest absolute Gasteiger partial charge is 0.505 e. The van der Waals surface area contributed by atoms with Crippen LogP contribution in [-0.2, 0) is 39.8 Å². The lowest BCUT2D eigenvalue weighted by Gasteiger charge is -2.12. The van der Waals surface area contributed by atoms with E-state index in [9.17, 15) is 44.5 Å². The van der Waals surface area contributed by atoms with Crippen LogP contribution in [0.3, 0.4) is 0 Å². The second-order valence-corrected chi connectivity index (χ2v) is 15.6. The number of rotatable bonds is 11. The van der Waals surface area contributed by atoms with E-state index in [0.29, 0.717) is 5.69 Å². The number of amides is 2. The van der Waals surface area contributed by atoms with Crippen molar-refractivity contribution in [3.63, 3.8) is 0 Å². The van der Waals surface area contributed by atoms with Crippen LogP contribution >= 0.6 is 11.6 Å². The summed E-state index contributed by atoms with van der Waals surface area (Å²) in [5, 5.41) is 24.4. The molecule has 0 saturated heterocycles. The Labute approximate surface area is 300 Å². The number of carbonyl (C=O) groups is 2. The van der Waals surface area contributed by atoms with Gasteiger partial charge in [-0.05, 0) is 89.8 Å². The summed E-state index contributed by atoms with van der Waals surface area (Å²) < 4.78 is 87.1. The Kier molecular flexibility index (Phi) is 10.4. The van der Waals surface area contributed by atoms with E-state index in [2.05, 4.69) is 35.8 Å². The number of anilines is 4. The third-order valence-electron chi connectivity index (χ3n) is 6.58. The van der Waals surface area contributed by atoms with E-state index < -0.39 is 58.3 Å². The summed E-state index contributed by atoms with van der Waals surface area (Å²) >= 11 is 6.09. The van der Waals surface area contributed by atoms with Crippen molar-refractivity contribution in [2.75, 3.05) is 10.6 Å². The van der Waals surface area contributed by atoms with E-state index in [-0.39, 0.29) is 49.1 Å². The molecular formula is C29H24ClN9O10S3. The lowest BCUT2D eigenvalue weighted by atomic mass is 10.1. The maximum atomic E-state index is 12.3. The average molecular weight is 790 g/mol. The first-order valence-corrected chi connectivity index (χ1v) is 19.0. The Morgan fingerprint density at radius 1 is 0.692 bits per heavy atom. The highest BCUT2D eigenvalue weighted by atomic mass is 35.5. The van der Waals surface area contributed by atoms with Gasteiger partial charge in [0.25, 0.3) is 30.2 Å². The molecule has 0 aliphatic carbocycles. The Morgan fingerprint density at radius 2 is 1.19 bits per heavy atom. The van der Waals surface area contributed by atoms with Crippen molar-refractivity contribution in [2.24, 2.45) is 10.2 Å². The van der Waals surface area contributed by atoms with E-state index in [1.165, 1.54) is 54.6 Å². The number of hydrogen-bond acceptors (Lipinski definition) is 16. The SMILES string of the molecule is CC(=O)NS(=O)(=O)c1ccc(N=Nc2c(S(=O)(=O)O)cc3cc(Nc4nc(Cl)nc(Nc5ccc(S(=O)(=O)NC(C)=O)cc5)n4)ccc3c2O)cc1. The fourth-order valence-electron chi connectivity index (χ4n) is 4.46. The van der Waals surface area contributed by atoms with Gasteiger partial charge in [-0.1, -0.05) is 0 Å². The summed E-state index contributed by atoms with van der Waals surface area (Å²) in [6.45, 7) is 2.09. The molecule has 0 bridgehead atoms. The maximum Gasteiger partial charge on any atom is 0.296 e. The van der Waals surface area contributed by atoms with Crippen LogP contribution in [0.4, 0.5) is 34.6 Å². The number of azo groups is 1. The first-order chi connectivity index (χ1) is 24.3. The van der Waals surface area contributed by atoms with Crippen LogP contribution in [0.25, 0.3) is 10.8 Å². The number of phenols is 1. The topological polar surface area (TPSA) is 289 Å². The van der Waals surface area contributed by atoms with E-state index in [1.54, 1.807) is 4.72 Å². The van der Waals surface area contributed by atoms with E-state index in [0.717, 1.165) is 32.0 Å². The first kappa shape index (κ1) is 37.4. The molecule has 4 aromatic carbocycles. The van der Waals surface area contributed by atoms with Crippen molar-refractivity contribution in [1.82, 2.24) is 24.4 Å². The molecule has 0 saturated carbocycles. The lowest BCUT2D eigenvalue weighted by Crippen LogP contribution is -2.28. The number of fused-ring (bicyclic) bond motifs is 1. The van der Waals surface area contributed by atoms with Crippen LogP contribution in [0.5, 0.6) is 5.75 Å². The van der Waals surface area contributed by atoms with Gasteiger partial charge in [-0.3, -0.25) is 14.1 Å². The monoisotopic (exact) mass is 789 g/mol. The third kappa shape index (κ3) is 8.91. The Bertz CT molecular complexity index is 2610. The molecule has 0 unspecified atom stereocenters. The van der Waals surface area contributed by atoms with Crippen molar-refractivity contribution in [2.45, 2.75) is 28.5 Å². The number of nitrogens with zero attached hydrogens (tertiary/aromatic N) is 5. The molecule has 1 heterocycles. The van der Waals surface area contributed by atoms with Gasteiger partial charge in [-0.25, -0.2) is 26.3 Å². The number of hydrogen-bond donors (Lipinski definition) is 6. The van der Waals surface area contributed by atoms with Crippen LogP contribution in [0.2, 0.25) is 5.28 Å². The molecule has 0 fully saturated rings. The van der Waals surface area contributed by atoms with Gasteiger partial charge >= 0.3 is 0 Å². The van der Waals surface area contributed by atoms with E-state index in [1.807, 2.05) is 4.72 Å². The molecule has 270 valence electrons. The standard InChI is InChI=1S/C29H24ClN9O10S3/c1-15(40)38-50(43,44)21-8-3-18(4-9-21)31-28-33-27(30)34-29(35-28)32-20-7-12-23-17(13-20)14-24(52(47,48)49)25(26(23)42)37-36-19-5-10-22(11-6-19)51(45,46)39-16(2)41/h3-14,42H,1-2H3,(H,38,40)(H,39,41)(H,47,48,49)(H2,31,32,33,34,35). The van der Waals surface area contributed by atoms with Crippen molar-refractivity contribution in [3.8, 4) is 5.75 Å². The fraction of sp³-hybridized carbons (Fsp3) is 0.0690. The lowest BCUT2D eigenvalue weighted by molar-refractivity contribution is -0.118. The number of nitrogens with one attached hydrogen (secondary N) is 4. The minimum Gasteiger partial charge on any atom is -0.505 e. The minimum absolute atomic E-state index is 0.0407. The highest BCUT2D eigenvalue weighted by Gasteiger charge is 2.23. The van der Waals surface area contributed by atoms with Crippen LogP contribution < -0.4 is 20.1 Å². The molecule has 0 spiro atoms. The summed E-state index contributed by atoms with van der Waals surface area (Å²) in [7, 11) is -13.2. The molecule has 52 heavy (non-hydrogen) atoms. The van der Waals surface area contributed by atoms with Gasteiger partial charge in [-0.2, -0.15) is 28.5 Å². The zero-order valence-corrected chi connectivity index (χ0v) is 29.6. The van der Waals surface area contributed by atoms with Crippen LogP contribution in [-0.4, -0.2) is 61.7 Å². The van der Waals surface area contributed by atoms with Gasteiger partial charge in [0.1, 0.15) is 10.6 Å². The number of benzene rings is 4. The van der Waals surface area contributed by atoms with Gasteiger partial charge in [0.05, 0.1) is 15.5 Å². The fourth-order valence-corrected chi connectivity index (χ4v) is 7.26. The normalized spacial score (nSPS) is 12.1. The molecule has 1 aromatic heterocycles. The minimum atomic E-state index is -4.98. The quantitative estimate of drug-likeness (QED) is 0.0808. The average Bonchev–Trinajstić information content (AvgIpc) is 3.03. The number of phenolic OH excluding ortho intramolecular Hbond substituents is 1. The molecule has 5 rings (SSSR count). The van der Waals surface area contributed by atoms with Gasteiger partial charge in [-0.15, -0.1) is 5.11 Å². The molecule has 0 aliphatic rings. The number of halogens is 1. The molecule has 19 nitrogen and oxygen atoms in total. The summed E-state index contributed by atoms with van der Waals surface area (Å²) in [5.41, 5.74) is 0.0664. The van der Waals surface area contributed by atoms with Gasteiger partial charge in [0.2, 0.25) is 29.0 Å². The summed E-state index contributed by atoms with van der Waals surface area (Å²) in [6.07, 6.45) is 0. The van der Waals surface area contributed by atoms with Gasteiger partial charge in [0, 0.05) is 30.6 Å². The third-order valence-corrected chi connectivity index (χ3v) is 10.5. The molecule has 0 atom stereocenters. The highest BCUT2D eigenvalue weighted by molar-refractivity contribution is 7.90. The molecule has 2 amide bonds. The molecule has 0 radical (unpaired) electrons. The van der Waals surface area contributed by atoms with Crippen molar-refractivity contribution < 1.29 is 44.5 Å². The second kappa shape index (κ2) is 14.4. The van der Waals surface area contributed by atoms with Crippen LogP contribution in [0.1, 0.15) is 13.8 Å². The predicted octanol–water partition coefficient (Wildman–Crippen LogP) is 4.18. The van der Waals surface area contributed by atoms with Crippen molar-refractivity contribution in [3.05, 3.63) is 78.1 Å². The number of carbonyl (C=O) groups excluding carboxylic acids is 2. The first-order valence-electron chi connectivity index (χ1n) is 14.2. The Hall–Kier alpha value is -5.81. The molecular weight excluding hydrogens is 766 g/mol. The zero-order chi connectivity index (χ0) is 38.0. The van der Waals surface area contributed by atoms with Crippen LogP contribution in [0.15, 0.2) is 97.7 Å². The summed E-state index contributed by atoms with van der Waals surface area (Å²) in [4.78, 5) is 33.4. The Morgan fingerprint density at radius 3 is 1.71 bits per heavy atom. The highest BCUT2D eigenvalue weighted by Crippen LogP contribution is 2.42. The number of sulfonamides is 2.